The van der Waals surface area contributed by atoms with E-state index in [1.54, 1.807) is 12.1 Å². The summed E-state index contributed by atoms with van der Waals surface area (Å²) in [7, 11) is 0. The quantitative estimate of drug-likeness (QED) is 0.495. The summed E-state index contributed by atoms with van der Waals surface area (Å²) in [6.07, 6.45) is 1.61. The molecule has 1 heterocycles. The van der Waals surface area contributed by atoms with Gasteiger partial charge in [-0.05, 0) is 28.4 Å². The molecule has 0 amide bonds. The second-order valence-corrected chi connectivity index (χ2v) is 4.36. The minimum atomic E-state index is -0.419. The number of para-hydroxylation sites is 1. The Morgan fingerprint density at radius 1 is 1.41 bits per heavy atom. The maximum absolute atomic E-state index is 10.9. The van der Waals surface area contributed by atoms with Crippen molar-refractivity contribution in [1.29, 1.82) is 0 Å². The maximum atomic E-state index is 10.9. The highest BCUT2D eigenvalue weighted by molar-refractivity contribution is 9.10. The molecule has 5 nitrogen and oxygen atoms in total. The predicted octanol–water partition coefficient (Wildman–Crippen LogP) is 3.25. The van der Waals surface area contributed by atoms with E-state index in [1.807, 2.05) is 6.92 Å². The molecule has 0 saturated heterocycles. The van der Waals surface area contributed by atoms with Crippen molar-refractivity contribution in [2.45, 2.75) is 19.8 Å². The summed E-state index contributed by atoms with van der Waals surface area (Å²) in [4.78, 5) is 19.0. The van der Waals surface area contributed by atoms with E-state index in [9.17, 15) is 10.1 Å². The van der Waals surface area contributed by atoms with E-state index >= 15 is 0 Å². The largest absolute Gasteiger partial charge is 0.295 e. The fourth-order valence-corrected chi connectivity index (χ4v) is 2.15. The second kappa shape index (κ2) is 4.75. The van der Waals surface area contributed by atoms with Crippen LogP contribution in [0.2, 0.25) is 0 Å². The van der Waals surface area contributed by atoms with Gasteiger partial charge in [-0.1, -0.05) is 13.0 Å². The number of non-ortho nitro benzene ring substituents is 1. The van der Waals surface area contributed by atoms with Crippen LogP contribution in [0.3, 0.4) is 0 Å². The number of fused-ring (bicyclic) bond motifs is 1. The van der Waals surface area contributed by atoms with Crippen LogP contribution in [-0.2, 0) is 6.42 Å². The van der Waals surface area contributed by atoms with E-state index in [0.717, 1.165) is 6.42 Å². The van der Waals surface area contributed by atoms with Crippen molar-refractivity contribution < 1.29 is 4.92 Å². The molecule has 1 aromatic heterocycles. The molecule has 0 aliphatic rings. The van der Waals surface area contributed by atoms with Gasteiger partial charge in [-0.25, -0.2) is 9.97 Å². The summed E-state index contributed by atoms with van der Waals surface area (Å²) < 4.78 is 0.606. The molecule has 0 N–H and O–H groups in total. The van der Waals surface area contributed by atoms with Crippen molar-refractivity contribution >= 4 is 32.5 Å². The highest BCUT2D eigenvalue weighted by Gasteiger charge is 2.15. The standard InChI is InChI=1S/C11H10BrN3O2/c1-2-4-9-13-10-7(11(12)14-9)5-3-6-8(10)15(16)17/h3,5-6H,2,4H2,1H3. The minimum absolute atomic E-state index is 0.0166. The van der Waals surface area contributed by atoms with Crippen LogP contribution >= 0.6 is 15.9 Å². The zero-order chi connectivity index (χ0) is 12.4. The van der Waals surface area contributed by atoms with Gasteiger partial charge in [0.25, 0.3) is 5.69 Å². The molecule has 0 radical (unpaired) electrons. The number of nitro groups is 1. The summed E-state index contributed by atoms with van der Waals surface area (Å²) >= 11 is 3.33. The van der Waals surface area contributed by atoms with E-state index in [0.29, 0.717) is 27.8 Å². The van der Waals surface area contributed by atoms with E-state index in [1.165, 1.54) is 6.07 Å². The van der Waals surface area contributed by atoms with Crippen LogP contribution < -0.4 is 0 Å². The van der Waals surface area contributed by atoms with Crippen LogP contribution in [0.4, 0.5) is 5.69 Å². The van der Waals surface area contributed by atoms with Crippen molar-refractivity contribution in [3.05, 3.63) is 38.7 Å². The lowest BCUT2D eigenvalue weighted by molar-refractivity contribution is -0.383. The van der Waals surface area contributed by atoms with Gasteiger partial charge in [0.05, 0.1) is 4.92 Å². The molecule has 0 aliphatic carbocycles. The van der Waals surface area contributed by atoms with Crippen molar-refractivity contribution in [3.63, 3.8) is 0 Å². The summed E-state index contributed by atoms with van der Waals surface area (Å²) in [6.45, 7) is 2.01. The lowest BCUT2D eigenvalue weighted by Gasteiger charge is -2.03. The fraction of sp³-hybridized carbons (Fsp3) is 0.273. The molecule has 0 fully saturated rings. The van der Waals surface area contributed by atoms with Gasteiger partial charge in [0.1, 0.15) is 10.4 Å². The van der Waals surface area contributed by atoms with Gasteiger partial charge in [0.15, 0.2) is 5.52 Å². The first kappa shape index (κ1) is 11.9. The third kappa shape index (κ3) is 2.26. The summed E-state index contributed by atoms with van der Waals surface area (Å²) in [5.74, 6) is 0.626. The van der Waals surface area contributed by atoms with Crippen molar-refractivity contribution in [2.75, 3.05) is 0 Å². The number of hydrogen-bond acceptors (Lipinski definition) is 4. The second-order valence-electron chi connectivity index (χ2n) is 3.61. The first-order valence-electron chi connectivity index (χ1n) is 5.23. The topological polar surface area (TPSA) is 68.9 Å². The Labute approximate surface area is 106 Å². The Hall–Kier alpha value is -1.56. The van der Waals surface area contributed by atoms with Crippen LogP contribution in [0.15, 0.2) is 22.8 Å². The minimum Gasteiger partial charge on any atom is -0.258 e. The third-order valence-corrected chi connectivity index (χ3v) is 2.98. The van der Waals surface area contributed by atoms with Gasteiger partial charge in [-0.15, -0.1) is 0 Å². The summed E-state index contributed by atoms with van der Waals surface area (Å²) in [5.41, 5.74) is 0.408. The van der Waals surface area contributed by atoms with E-state index in [2.05, 4.69) is 25.9 Å². The summed E-state index contributed by atoms with van der Waals surface area (Å²) in [5, 5.41) is 11.6. The Balaban J connectivity index is 2.73. The van der Waals surface area contributed by atoms with Crippen LogP contribution in [0, 0.1) is 10.1 Å². The average molecular weight is 296 g/mol. The number of benzene rings is 1. The number of nitrogens with zero attached hydrogens (tertiary/aromatic N) is 3. The van der Waals surface area contributed by atoms with Gasteiger partial charge >= 0.3 is 0 Å². The molecule has 0 bridgehead atoms. The van der Waals surface area contributed by atoms with E-state index < -0.39 is 4.92 Å². The summed E-state index contributed by atoms with van der Waals surface area (Å²) in [6, 6.07) is 4.85. The first-order chi connectivity index (χ1) is 8.13. The molecule has 0 atom stereocenters. The SMILES string of the molecule is CCCc1nc(Br)c2cccc([N+](=O)[O-])c2n1. The predicted molar refractivity (Wildman–Crippen MR) is 67.9 cm³/mol. The number of aromatic nitrogens is 2. The lowest BCUT2D eigenvalue weighted by Crippen LogP contribution is -1.99. The molecule has 88 valence electrons. The molecule has 6 heteroatoms. The maximum Gasteiger partial charge on any atom is 0.295 e. The third-order valence-electron chi connectivity index (χ3n) is 2.38. The Morgan fingerprint density at radius 2 is 2.18 bits per heavy atom. The number of hydrogen-bond donors (Lipinski definition) is 0. The van der Waals surface area contributed by atoms with Crippen molar-refractivity contribution in [1.82, 2.24) is 9.97 Å². The molecule has 0 unspecified atom stereocenters. The molecule has 17 heavy (non-hydrogen) atoms. The first-order valence-corrected chi connectivity index (χ1v) is 6.02. The lowest BCUT2D eigenvalue weighted by atomic mass is 10.2. The number of rotatable bonds is 3. The Morgan fingerprint density at radius 3 is 2.82 bits per heavy atom. The number of halogens is 1. The van der Waals surface area contributed by atoms with Crippen LogP contribution in [0.5, 0.6) is 0 Å². The molecular weight excluding hydrogens is 286 g/mol. The smallest absolute Gasteiger partial charge is 0.258 e. The normalized spacial score (nSPS) is 10.7. The molecule has 0 saturated carbocycles. The van der Waals surface area contributed by atoms with Crippen molar-refractivity contribution in [3.8, 4) is 0 Å². The van der Waals surface area contributed by atoms with Gasteiger partial charge in [0.2, 0.25) is 0 Å². The van der Waals surface area contributed by atoms with Gasteiger partial charge < -0.3 is 0 Å². The average Bonchev–Trinajstić information content (AvgIpc) is 2.28. The molecular formula is C11H10BrN3O2. The molecule has 2 aromatic rings. The van der Waals surface area contributed by atoms with Crippen LogP contribution in [0.25, 0.3) is 10.9 Å². The monoisotopic (exact) mass is 295 g/mol. The van der Waals surface area contributed by atoms with Gasteiger partial charge in [0, 0.05) is 17.9 Å². The fourth-order valence-electron chi connectivity index (χ4n) is 1.63. The molecule has 0 aliphatic heterocycles. The molecule has 2 rings (SSSR count). The number of nitro benzene ring substituents is 1. The zero-order valence-electron chi connectivity index (χ0n) is 9.18. The zero-order valence-corrected chi connectivity index (χ0v) is 10.8. The highest BCUT2D eigenvalue weighted by Crippen LogP contribution is 2.28. The highest BCUT2D eigenvalue weighted by atomic mass is 79.9. The van der Waals surface area contributed by atoms with Crippen LogP contribution in [-0.4, -0.2) is 14.9 Å². The van der Waals surface area contributed by atoms with Crippen LogP contribution in [0.1, 0.15) is 19.2 Å². The van der Waals surface area contributed by atoms with E-state index in [-0.39, 0.29) is 5.69 Å². The van der Waals surface area contributed by atoms with Gasteiger partial charge in [-0.3, -0.25) is 10.1 Å². The van der Waals surface area contributed by atoms with E-state index in [4.69, 9.17) is 0 Å². The Kier molecular flexibility index (Phi) is 3.33. The Bertz CT molecular complexity index is 586. The number of aryl methyl sites for hydroxylation is 1. The van der Waals surface area contributed by atoms with Crippen molar-refractivity contribution in [2.24, 2.45) is 0 Å². The molecule has 0 spiro atoms. The van der Waals surface area contributed by atoms with Gasteiger partial charge in [-0.2, -0.15) is 0 Å². The molecule has 1 aromatic carbocycles.